The molecule has 16 heavy (non-hydrogen) atoms. The smallest absolute Gasteiger partial charge is 0.148 e. The van der Waals surface area contributed by atoms with Gasteiger partial charge < -0.3 is 5.32 Å². The zero-order valence-electron chi connectivity index (χ0n) is 10.1. The molecule has 1 rings (SSSR count). The van der Waals surface area contributed by atoms with E-state index in [2.05, 4.69) is 5.32 Å². The first-order valence-corrected chi connectivity index (χ1v) is 9.19. The Hall–Kier alpha value is 0.260. The molecule has 0 bridgehead atoms. The van der Waals surface area contributed by atoms with Crippen LogP contribution in [0.4, 0.5) is 0 Å². The van der Waals surface area contributed by atoms with Crippen LogP contribution in [0, 0.1) is 0 Å². The Balaban J connectivity index is 1.91. The second-order valence-electron chi connectivity index (χ2n) is 4.51. The first kappa shape index (κ1) is 14.3. The molecule has 0 amide bonds. The van der Waals surface area contributed by atoms with E-state index in [-0.39, 0.29) is 5.75 Å². The van der Waals surface area contributed by atoms with E-state index in [1.807, 2.05) is 11.8 Å². The van der Waals surface area contributed by atoms with E-state index < -0.39 is 9.84 Å². The van der Waals surface area contributed by atoms with Crippen molar-refractivity contribution in [2.45, 2.75) is 37.4 Å². The van der Waals surface area contributed by atoms with Gasteiger partial charge in [0.05, 0.1) is 5.75 Å². The van der Waals surface area contributed by atoms with Crippen LogP contribution in [0.1, 0.15) is 32.1 Å². The highest BCUT2D eigenvalue weighted by Crippen LogP contribution is 2.27. The molecule has 0 unspecified atom stereocenters. The molecular formula is C11H23NO2S2. The highest BCUT2D eigenvalue weighted by atomic mass is 32.2. The highest BCUT2D eigenvalue weighted by molar-refractivity contribution is 7.99. The first-order valence-electron chi connectivity index (χ1n) is 6.08. The molecule has 0 aliphatic heterocycles. The van der Waals surface area contributed by atoms with Crippen LogP contribution in [0.2, 0.25) is 0 Å². The predicted molar refractivity (Wildman–Crippen MR) is 71.9 cm³/mol. The molecular weight excluding hydrogens is 242 g/mol. The molecule has 96 valence electrons. The van der Waals surface area contributed by atoms with Crippen LogP contribution < -0.4 is 5.32 Å². The van der Waals surface area contributed by atoms with Crippen LogP contribution in [-0.4, -0.2) is 44.5 Å². The molecule has 0 atom stereocenters. The van der Waals surface area contributed by atoms with E-state index >= 15 is 0 Å². The Morgan fingerprint density at radius 3 is 2.50 bits per heavy atom. The second-order valence-corrected chi connectivity index (χ2v) is 8.18. The predicted octanol–water partition coefficient (Wildman–Crippen LogP) is 1.69. The Morgan fingerprint density at radius 1 is 1.19 bits per heavy atom. The van der Waals surface area contributed by atoms with Gasteiger partial charge in [-0.1, -0.05) is 19.3 Å². The summed E-state index contributed by atoms with van der Waals surface area (Å²) < 4.78 is 21.7. The SMILES string of the molecule is CS(=O)(=O)CCNCCSC1CCCCC1. The molecule has 5 heteroatoms. The monoisotopic (exact) mass is 265 g/mol. The zero-order chi connectivity index (χ0) is 11.9. The Morgan fingerprint density at radius 2 is 1.88 bits per heavy atom. The van der Waals surface area contributed by atoms with Crippen LogP contribution in [0.3, 0.4) is 0 Å². The average Bonchev–Trinajstić information content (AvgIpc) is 2.23. The summed E-state index contributed by atoms with van der Waals surface area (Å²) in [6, 6.07) is 0. The molecule has 0 aromatic rings. The Labute approximate surface area is 104 Å². The van der Waals surface area contributed by atoms with Crippen LogP contribution in [0.5, 0.6) is 0 Å². The van der Waals surface area contributed by atoms with Gasteiger partial charge in [0.2, 0.25) is 0 Å². The van der Waals surface area contributed by atoms with Crippen molar-refractivity contribution in [3.8, 4) is 0 Å². The average molecular weight is 265 g/mol. The molecule has 3 nitrogen and oxygen atoms in total. The highest BCUT2D eigenvalue weighted by Gasteiger charge is 2.12. The minimum absolute atomic E-state index is 0.251. The lowest BCUT2D eigenvalue weighted by Gasteiger charge is -2.20. The van der Waals surface area contributed by atoms with E-state index in [4.69, 9.17) is 0 Å². The Kier molecular flexibility index (Phi) is 6.77. The largest absolute Gasteiger partial charge is 0.315 e. The lowest BCUT2D eigenvalue weighted by atomic mass is 10.0. The fraction of sp³-hybridized carbons (Fsp3) is 1.00. The van der Waals surface area contributed by atoms with Gasteiger partial charge in [-0.2, -0.15) is 11.8 Å². The normalized spacial score (nSPS) is 18.8. The van der Waals surface area contributed by atoms with Crippen molar-refractivity contribution in [3.05, 3.63) is 0 Å². The van der Waals surface area contributed by atoms with Gasteiger partial charge in [-0.05, 0) is 12.8 Å². The third-order valence-corrected chi connectivity index (χ3v) is 5.16. The summed E-state index contributed by atoms with van der Waals surface area (Å²) in [6.45, 7) is 1.51. The Bertz CT molecular complexity index is 272. The third kappa shape index (κ3) is 7.52. The molecule has 1 aliphatic rings. The minimum Gasteiger partial charge on any atom is -0.315 e. The summed E-state index contributed by atoms with van der Waals surface area (Å²) in [5.74, 6) is 1.36. The molecule has 0 saturated heterocycles. The van der Waals surface area contributed by atoms with Gasteiger partial charge in [0.1, 0.15) is 9.84 Å². The maximum atomic E-state index is 10.9. The van der Waals surface area contributed by atoms with Gasteiger partial charge in [-0.3, -0.25) is 0 Å². The van der Waals surface area contributed by atoms with Crippen molar-refractivity contribution in [3.63, 3.8) is 0 Å². The molecule has 0 aromatic carbocycles. The van der Waals surface area contributed by atoms with Gasteiger partial charge >= 0.3 is 0 Å². The van der Waals surface area contributed by atoms with Gasteiger partial charge in [-0.15, -0.1) is 0 Å². The van der Waals surface area contributed by atoms with Crippen LogP contribution in [0.25, 0.3) is 0 Å². The fourth-order valence-electron chi connectivity index (χ4n) is 1.91. The minimum atomic E-state index is -2.80. The van der Waals surface area contributed by atoms with Crippen molar-refractivity contribution >= 4 is 21.6 Å². The maximum Gasteiger partial charge on any atom is 0.148 e. The number of rotatable bonds is 7. The van der Waals surface area contributed by atoms with Crippen LogP contribution in [0.15, 0.2) is 0 Å². The summed E-state index contributed by atoms with van der Waals surface area (Å²) in [5.41, 5.74) is 0. The van der Waals surface area contributed by atoms with E-state index in [0.717, 1.165) is 17.5 Å². The van der Waals surface area contributed by atoms with E-state index in [9.17, 15) is 8.42 Å². The zero-order valence-corrected chi connectivity index (χ0v) is 11.7. The number of hydrogen-bond acceptors (Lipinski definition) is 4. The standard InChI is InChI=1S/C11H23NO2S2/c1-16(13,14)10-8-12-7-9-15-11-5-3-2-4-6-11/h11-12H,2-10H2,1H3. The molecule has 0 aromatic heterocycles. The number of nitrogens with one attached hydrogen (secondary N) is 1. The van der Waals surface area contributed by atoms with E-state index in [1.54, 1.807) is 0 Å². The summed E-state index contributed by atoms with van der Waals surface area (Å²) >= 11 is 2.04. The summed E-state index contributed by atoms with van der Waals surface area (Å²) in [6.07, 6.45) is 8.20. The second kappa shape index (κ2) is 7.56. The lowest BCUT2D eigenvalue weighted by Crippen LogP contribution is -2.25. The van der Waals surface area contributed by atoms with E-state index in [1.165, 1.54) is 38.4 Å². The summed E-state index contributed by atoms with van der Waals surface area (Å²) in [4.78, 5) is 0. The quantitative estimate of drug-likeness (QED) is 0.712. The number of sulfone groups is 1. The summed E-state index contributed by atoms with van der Waals surface area (Å²) in [5, 5.41) is 4.03. The van der Waals surface area contributed by atoms with Crippen molar-refractivity contribution < 1.29 is 8.42 Å². The lowest BCUT2D eigenvalue weighted by molar-refractivity contribution is 0.516. The topological polar surface area (TPSA) is 46.2 Å². The molecule has 0 radical (unpaired) electrons. The molecule has 1 saturated carbocycles. The van der Waals surface area contributed by atoms with Crippen molar-refractivity contribution in [1.82, 2.24) is 5.32 Å². The molecule has 0 spiro atoms. The van der Waals surface area contributed by atoms with Gasteiger partial charge in [0.25, 0.3) is 0 Å². The van der Waals surface area contributed by atoms with Crippen molar-refractivity contribution in [2.75, 3.05) is 30.9 Å². The van der Waals surface area contributed by atoms with Gasteiger partial charge in [0.15, 0.2) is 0 Å². The van der Waals surface area contributed by atoms with Crippen molar-refractivity contribution in [1.29, 1.82) is 0 Å². The molecule has 1 aliphatic carbocycles. The van der Waals surface area contributed by atoms with Crippen LogP contribution >= 0.6 is 11.8 Å². The van der Waals surface area contributed by atoms with Crippen molar-refractivity contribution in [2.24, 2.45) is 0 Å². The molecule has 1 N–H and O–H groups in total. The number of thioether (sulfide) groups is 1. The first-order chi connectivity index (χ1) is 7.58. The summed E-state index contributed by atoms with van der Waals surface area (Å²) in [7, 11) is -2.80. The molecule has 0 heterocycles. The molecule has 1 fully saturated rings. The van der Waals surface area contributed by atoms with Crippen LogP contribution in [-0.2, 0) is 9.84 Å². The number of hydrogen-bond donors (Lipinski definition) is 1. The fourth-order valence-corrected chi connectivity index (χ4v) is 3.69. The van der Waals surface area contributed by atoms with E-state index in [0.29, 0.717) is 6.54 Å². The third-order valence-electron chi connectivity index (χ3n) is 2.83. The van der Waals surface area contributed by atoms with Gasteiger partial charge in [0, 0.05) is 30.3 Å². The maximum absolute atomic E-state index is 10.9. The van der Waals surface area contributed by atoms with Gasteiger partial charge in [-0.25, -0.2) is 8.42 Å².